The van der Waals surface area contributed by atoms with Gasteiger partial charge in [-0.05, 0) is 32.9 Å². The number of carbonyl (C=O) groups is 1. The molecule has 0 amide bonds. The van der Waals surface area contributed by atoms with Gasteiger partial charge in [-0.15, -0.1) is 0 Å². The van der Waals surface area contributed by atoms with Gasteiger partial charge in [0.05, 0.1) is 22.0 Å². The third-order valence-corrected chi connectivity index (χ3v) is 5.24. The number of nitro benzene ring substituents is 1. The predicted molar refractivity (Wildman–Crippen MR) is 85.4 cm³/mol. The molecule has 1 fully saturated rings. The van der Waals surface area contributed by atoms with E-state index in [2.05, 4.69) is 10.0 Å². The first kappa shape index (κ1) is 18.3. The van der Waals surface area contributed by atoms with Crippen LogP contribution in [0.25, 0.3) is 0 Å². The highest BCUT2D eigenvalue weighted by atomic mass is 32.2. The van der Waals surface area contributed by atoms with E-state index in [0.717, 1.165) is 12.1 Å². The molecule has 2 N–H and O–H groups in total. The van der Waals surface area contributed by atoms with Crippen LogP contribution in [0.1, 0.15) is 29.3 Å². The summed E-state index contributed by atoms with van der Waals surface area (Å²) in [5.41, 5.74) is -0.499. The van der Waals surface area contributed by atoms with E-state index in [-0.39, 0.29) is 28.7 Å². The molecule has 2 rings (SSSR count). The maximum absolute atomic E-state index is 12.5. The van der Waals surface area contributed by atoms with E-state index in [1.54, 1.807) is 6.92 Å². The van der Waals surface area contributed by atoms with Crippen LogP contribution in [0.2, 0.25) is 0 Å². The van der Waals surface area contributed by atoms with Gasteiger partial charge in [0.15, 0.2) is 0 Å². The highest BCUT2D eigenvalue weighted by Gasteiger charge is 2.28. The van der Waals surface area contributed by atoms with Crippen molar-refractivity contribution >= 4 is 21.7 Å². The summed E-state index contributed by atoms with van der Waals surface area (Å²) in [6.07, 6.45) is 0.623. The van der Waals surface area contributed by atoms with E-state index in [4.69, 9.17) is 4.74 Å². The van der Waals surface area contributed by atoms with Gasteiger partial charge in [-0.25, -0.2) is 17.9 Å². The van der Waals surface area contributed by atoms with E-state index < -0.39 is 26.6 Å². The van der Waals surface area contributed by atoms with Crippen LogP contribution in [0.5, 0.6) is 0 Å². The molecule has 1 saturated heterocycles. The summed E-state index contributed by atoms with van der Waals surface area (Å²) < 4.78 is 32.3. The molecule has 24 heavy (non-hydrogen) atoms. The third-order valence-electron chi connectivity index (χ3n) is 3.74. The van der Waals surface area contributed by atoms with Crippen molar-refractivity contribution in [2.45, 2.75) is 31.2 Å². The molecule has 0 aromatic heterocycles. The van der Waals surface area contributed by atoms with Crippen LogP contribution in [-0.4, -0.2) is 45.0 Å². The van der Waals surface area contributed by atoms with Crippen LogP contribution in [0, 0.1) is 17.0 Å². The summed E-state index contributed by atoms with van der Waals surface area (Å²) >= 11 is 0. The molecule has 0 radical (unpaired) electrons. The summed E-state index contributed by atoms with van der Waals surface area (Å²) in [5, 5.41) is 14.2. The Balaban J connectivity index is 2.48. The zero-order chi connectivity index (χ0) is 17.9. The lowest BCUT2D eigenvalue weighted by Crippen LogP contribution is -2.36. The number of hydrogen-bond donors (Lipinski definition) is 2. The van der Waals surface area contributed by atoms with Crippen molar-refractivity contribution in [2.75, 3.05) is 19.7 Å². The van der Waals surface area contributed by atoms with Crippen LogP contribution in [0.4, 0.5) is 5.69 Å². The topological polar surface area (TPSA) is 128 Å². The lowest BCUT2D eigenvalue weighted by molar-refractivity contribution is -0.385. The van der Waals surface area contributed by atoms with Crippen molar-refractivity contribution in [3.63, 3.8) is 0 Å². The Morgan fingerprint density at radius 2 is 2.21 bits per heavy atom. The Morgan fingerprint density at radius 3 is 2.75 bits per heavy atom. The van der Waals surface area contributed by atoms with E-state index in [1.807, 2.05) is 0 Å². The van der Waals surface area contributed by atoms with Gasteiger partial charge in [-0.2, -0.15) is 0 Å². The van der Waals surface area contributed by atoms with Gasteiger partial charge in [0, 0.05) is 24.2 Å². The summed E-state index contributed by atoms with van der Waals surface area (Å²) in [5.74, 6) is -0.794. The van der Waals surface area contributed by atoms with Crippen LogP contribution in [0.3, 0.4) is 0 Å². The molecule has 1 unspecified atom stereocenters. The average molecular weight is 357 g/mol. The molecule has 1 aliphatic rings. The first-order valence-electron chi connectivity index (χ1n) is 7.45. The molecule has 1 atom stereocenters. The van der Waals surface area contributed by atoms with Crippen LogP contribution in [-0.2, 0) is 14.8 Å². The SMILES string of the molecule is CCOC(=O)c1cc(S(=O)(=O)NC2CCNC2)cc([N+](=O)[O-])c1C. The normalized spacial score (nSPS) is 17.7. The van der Waals surface area contributed by atoms with E-state index in [9.17, 15) is 23.3 Å². The molecule has 132 valence electrons. The van der Waals surface area contributed by atoms with Crippen molar-refractivity contribution in [3.8, 4) is 0 Å². The van der Waals surface area contributed by atoms with Gasteiger partial charge in [0.2, 0.25) is 10.0 Å². The second-order valence-electron chi connectivity index (χ2n) is 5.40. The molecular formula is C14H19N3O6S. The zero-order valence-electron chi connectivity index (χ0n) is 13.4. The Hall–Kier alpha value is -2.04. The largest absolute Gasteiger partial charge is 0.462 e. The Bertz CT molecular complexity index is 756. The molecule has 1 heterocycles. The second kappa shape index (κ2) is 7.24. The number of ether oxygens (including phenoxy) is 1. The minimum atomic E-state index is -3.99. The smallest absolute Gasteiger partial charge is 0.338 e. The highest BCUT2D eigenvalue weighted by molar-refractivity contribution is 7.89. The van der Waals surface area contributed by atoms with Crippen molar-refractivity contribution in [1.29, 1.82) is 0 Å². The van der Waals surface area contributed by atoms with Gasteiger partial charge in [0.25, 0.3) is 5.69 Å². The molecule has 0 saturated carbocycles. The number of nitro groups is 1. The average Bonchev–Trinajstić information content (AvgIpc) is 2.99. The number of sulfonamides is 1. The van der Waals surface area contributed by atoms with Gasteiger partial charge >= 0.3 is 5.97 Å². The molecule has 0 aliphatic carbocycles. The van der Waals surface area contributed by atoms with Gasteiger partial charge in [0.1, 0.15) is 0 Å². The van der Waals surface area contributed by atoms with E-state index >= 15 is 0 Å². The number of nitrogens with one attached hydrogen (secondary N) is 2. The quantitative estimate of drug-likeness (QED) is 0.436. The fourth-order valence-corrected chi connectivity index (χ4v) is 3.80. The lowest BCUT2D eigenvalue weighted by Gasteiger charge is -2.14. The van der Waals surface area contributed by atoms with Gasteiger partial charge in [-0.3, -0.25) is 10.1 Å². The van der Waals surface area contributed by atoms with E-state index in [0.29, 0.717) is 19.5 Å². The number of benzene rings is 1. The molecule has 9 nitrogen and oxygen atoms in total. The molecule has 0 spiro atoms. The fourth-order valence-electron chi connectivity index (χ4n) is 2.48. The van der Waals surface area contributed by atoms with Crippen molar-refractivity contribution in [2.24, 2.45) is 0 Å². The number of rotatable bonds is 6. The standard InChI is InChI=1S/C14H19N3O6S/c1-3-23-14(18)12-6-11(7-13(9(12)2)17(19)20)24(21,22)16-10-4-5-15-8-10/h6-7,10,15-16H,3-5,8H2,1-2H3. The third kappa shape index (κ3) is 3.89. The van der Waals surface area contributed by atoms with Gasteiger partial charge in [-0.1, -0.05) is 0 Å². The van der Waals surface area contributed by atoms with Gasteiger partial charge < -0.3 is 10.1 Å². The Morgan fingerprint density at radius 1 is 1.50 bits per heavy atom. The molecule has 1 aliphatic heterocycles. The first-order valence-corrected chi connectivity index (χ1v) is 8.93. The maximum Gasteiger partial charge on any atom is 0.338 e. The van der Waals surface area contributed by atoms with Crippen molar-refractivity contribution in [1.82, 2.24) is 10.0 Å². The van der Waals surface area contributed by atoms with E-state index in [1.165, 1.54) is 6.92 Å². The van der Waals surface area contributed by atoms with Crippen LogP contribution in [0.15, 0.2) is 17.0 Å². The van der Waals surface area contributed by atoms with Crippen molar-refractivity contribution in [3.05, 3.63) is 33.4 Å². The Labute approximate surface area is 139 Å². The lowest BCUT2D eigenvalue weighted by atomic mass is 10.1. The zero-order valence-corrected chi connectivity index (χ0v) is 14.2. The number of hydrogen-bond acceptors (Lipinski definition) is 7. The van der Waals surface area contributed by atoms with Crippen LogP contribution < -0.4 is 10.0 Å². The monoisotopic (exact) mass is 357 g/mol. The Kier molecular flexibility index (Phi) is 5.52. The summed E-state index contributed by atoms with van der Waals surface area (Å²) in [7, 11) is -3.99. The highest BCUT2D eigenvalue weighted by Crippen LogP contribution is 2.27. The van der Waals surface area contributed by atoms with Crippen molar-refractivity contribution < 1.29 is 22.9 Å². The number of nitrogens with zero attached hydrogens (tertiary/aromatic N) is 1. The number of esters is 1. The molecule has 0 bridgehead atoms. The summed E-state index contributed by atoms with van der Waals surface area (Å²) in [6.45, 7) is 4.23. The first-order chi connectivity index (χ1) is 11.3. The minimum Gasteiger partial charge on any atom is -0.462 e. The minimum absolute atomic E-state index is 0.0694. The summed E-state index contributed by atoms with van der Waals surface area (Å²) in [4.78, 5) is 22.2. The summed E-state index contributed by atoms with van der Waals surface area (Å²) in [6, 6.07) is 1.79. The molecular weight excluding hydrogens is 338 g/mol. The predicted octanol–water partition coefficient (Wildman–Crippen LogP) is 0.720. The second-order valence-corrected chi connectivity index (χ2v) is 7.12. The molecule has 1 aromatic carbocycles. The van der Waals surface area contributed by atoms with Crippen LogP contribution >= 0.6 is 0 Å². The number of carbonyl (C=O) groups excluding carboxylic acids is 1. The maximum atomic E-state index is 12.5. The fraction of sp³-hybridized carbons (Fsp3) is 0.500. The molecule has 1 aromatic rings. The molecule has 10 heteroatoms.